The van der Waals surface area contributed by atoms with Gasteiger partial charge in [-0.2, -0.15) is 0 Å². The molecule has 0 amide bonds. The van der Waals surface area contributed by atoms with Crippen LogP contribution in [0.5, 0.6) is 0 Å². The van der Waals surface area contributed by atoms with Crippen LogP contribution >= 0.6 is 0 Å². The molecule has 98 valence electrons. The summed E-state index contributed by atoms with van der Waals surface area (Å²) >= 11 is 0. The quantitative estimate of drug-likeness (QED) is 0.807. The van der Waals surface area contributed by atoms with Gasteiger partial charge in [0, 0.05) is 18.6 Å². The molecule has 0 bridgehead atoms. The summed E-state index contributed by atoms with van der Waals surface area (Å²) in [4.78, 5) is 2.85. The van der Waals surface area contributed by atoms with E-state index in [0.29, 0.717) is 0 Å². The molecule has 3 rings (SSSR count). The molecule has 2 saturated carbocycles. The third-order valence-corrected chi connectivity index (χ3v) is 5.31. The van der Waals surface area contributed by atoms with Gasteiger partial charge < -0.3 is 5.32 Å². The van der Waals surface area contributed by atoms with Gasteiger partial charge in [0.15, 0.2) is 0 Å². The van der Waals surface area contributed by atoms with Crippen molar-refractivity contribution in [2.24, 2.45) is 11.8 Å². The number of hydrogen-bond donors (Lipinski definition) is 1. The Kier molecular flexibility index (Phi) is 3.72. The van der Waals surface area contributed by atoms with Crippen molar-refractivity contribution < 1.29 is 0 Å². The molecule has 0 aromatic heterocycles. The number of likely N-dealkylation sites (tertiary alicyclic amines) is 1. The second-order valence-electron chi connectivity index (χ2n) is 6.51. The van der Waals surface area contributed by atoms with Gasteiger partial charge >= 0.3 is 0 Å². The van der Waals surface area contributed by atoms with Crippen molar-refractivity contribution in [2.75, 3.05) is 20.1 Å². The van der Waals surface area contributed by atoms with Gasteiger partial charge in [0.25, 0.3) is 0 Å². The minimum Gasteiger partial charge on any atom is -0.318 e. The van der Waals surface area contributed by atoms with Gasteiger partial charge in [-0.3, -0.25) is 4.90 Å². The van der Waals surface area contributed by atoms with Gasteiger partial charge in [-0.05, 0) is 64.0 Å². The van der Waals surface area contributed by atoms with Crippen molar-refractivity contribution in [3.05, 3.63) is 0 Å². The van der Waals surface area contributed by atoms with Gasteiger partial charge in [-0.15, -0.1) is 0 Å². The highest BCUT2D eigenvalue weighted by atomic mass is 15.2. The first-order valence-corrected chi connectivity index (χ1v) is 7.79. The van der Waals surface area contributed by atoms with Crippen molar-refractivity contribution >= 4 is 0 Å². The summed E-state index contributed by atoms with van der Waals surface area (Å²) in [7, 11) is 2.10. The summed E-state index contributed by atoms with van der Waals surface area (Å²) in [5.41, 5.74) is 0. The third-order valence-electron chi connectivity index (χ3n) is 5.31. The topological polar surface area (TPSA) is 15.3 Å². The largest absolute Gasteiger partial charge is 0.318 e. The molecule has 0 spiro atoms. The lowest BCUT2D eigenvalue weighted by Crippen LogP contribution is -2.45. The molecule has 3 atom stereocenters. The molecule has 2 heteroatoms. The molecule has 0 aromatic carbocycles. The summed E-state index contributed by atoms with van der Waals surface area (Å²) in [5.74, 6) is 2.22. The van der Waals surface area contributed by atoms with Crippen molar-refractivity contribution in [1.82, 2.24) is 10.2 Å². The zero-order chi connectivity index (χ0) is 11.7. The summed E-state index contributed by atoms with van der Waals surface area (Å²) < 4.78 is 0. The normalized spacial score (nSPS) is 39.7. The van der Waals surface area contributed by atoms with Gasteiger partial charge in [-0.25, -0.2) is 0 Å². The lowest BCUT2D eigenvalue weighted by molar-refractivity contribution is 0.111. The Hall–Kier alpha value is -0.0800. The van der Waals surface area contributed by atoms with Crippen LogP contribution in [0, 0.1) is 11.8 Å². The second kappa shape index (κ2) is 5.27. The maximum Gasteiger partial charge on any atom is 0.0223 e. The van der Waals surface area contributed by atoms with E-state index in [1.807, 2.05) is 0 Å². The van der Waals surface area contributed by atoms with E-state index in [9.17, 15) is 0 Å². The summed E-state index contributed by atoms with van der Waals surface area (Å²) in [6.07, 6.45) is 12.0. The van der Waals surface area contributed by atoms with E-state index in [2.05, 4.69) is 17.3 Å². The Bertz CT molecular complexity index is 249. The van der Waals surface area contributed by atoms with Crippen LogP contribution < -0.4 is 5.32 Å². The lowest BCUT2D eigenvalue weighted by atomic mass is 9.82. The van der Waals surface area contributed by atoms with E-state index in [1.165, 1.54) is 64.5 Å². The van der Waals surface area contributed by atoms with E-state index in [-0.39, 0.29) is 0 Å². The molecule has 0 radical (unpaired) electrons. The molecule has 1 aliphatic heterocycles. The number of nitrogens with zero attached hydrogens (tertiary/aromatic N) is 1. The second-order valence-corrected chi connectivity index (χ2v) is 6.51. The highest BCUT2D eigenvalue weighted by Crippen LogP contribution is 2.45. The molecular formula is C15H28N2. The van der Waals surface area contributed by atoms with Crippen LogP contribution in [0.25, 0.3) is 0 Å². The molecule has 1 heterocycles. The van der Waals surface area contributed by atoms with Crippen molar-refractivity contribution in [2.45, 2.75) is 63.5 Å². The van der Waals surface area contributed by atoms with Gasteiger partial charge in [-0.1, -0.05) is 12.8 Å². The third kappa shape index (κ3) is 2.68. The van der Waals surface area contributed by atoms with Crippen LogP contribution in [0.4, 0.5) is 0 Å². The lowest BCUT2D eigenvalue weighted by Gasteiger charge is -2.38. The first-order valence-electron chi connectivity index (χ1n) is 7.79. The van der Waals surface area contributed by atoms with Crippen LogP contribution in [0.15, 0.2) is 0 Å². The van der Waals surface area contributed by atoms with E-state index in [0.717, 1.165) is 23.9 Å². The molecule has 3 fully saturated rings. The summed E-state index contributed by atoms with van der Waals surface area (Å²) in [6.45, 7) is 2.57. The van der Waals surface area contributed by atoms with Crippen LogP contribution in [0.2, 0.25) is 0 Å². The smallest absolute Gasteiger partial charge is 0.0223 e. The number of rotatable bonds is 4. The first kappa shape index (κ1) is 12.0. The van der Waals surface area contributed by atoms with Crippen LogP contribution in [-0.2, 0) is 0 Å². The van der Waals surface area contributed by atoms with Crippen molar-refractivity contribution in [1.29, 1.82) is 0 Å². The average Bonchev–Trinajstić information content (AvgIpc) is 3.11. The summed E-state index contributed by atoms with van der Waals surface area (Å²) in [5, 5.41) is 3.38. The monoisotopic (exact) mass is 236 g/mol. The Labute approximate surface area is 106 Å². The van der Waals surface area contributed by atoms with Crippen LogP contribution in [-0.4, -0.2) is 37.1 Å². The molecule has 3 unspecified atom stereocenters. The fourth-order valence-corrected chi connectivity index (χ4v) is 4.29. The fourth-order valence-electron chi connectivity index (χ4n) is 4.29. The molecule has 2 nitrogen and oxygen atoms in total. The number of hydrogen-bond acceptors (Lipinski definition) is 2. The predicted octanol–water partition coefficient (Wildman–Crippen LogP) is 2.64. The Morgan fingerprint density at radius 3 is 2.65 bits per heavy atom. The van der Waals surface area contributed by atoms with E-state index in [1.54, 1.807) is 0 Å². The highest BCUT2D eigenvalue weighted by molar-refractivity contribution is 4.92. The zero-order valence-electron chi connectivity index (χ0n) is 11.3. The molecular weight excluding hydrogens is 208 g/mol. The van der Waals surface area contributed by atoms with Gasteiger partial charge in [0.05, 0.1) is 0 Å². The maximum absolute atomic E-state index is 3.38. The zero-order valence-corrected chi connectivity index (χ0v) is 11.3. The molecule has 3 aliphatic rings. The van der Waals surface area contributed by atoms with Gasteiger partial charge in [0.1, 0.15) is 0 Å². The van der Waals surface area contributed by atoms with Crippen LogP contribution in [0.3, 0.4) is 0 Å². The SMILES string of the molecule is CNCC1CCCN1C1CCCC(C2CC2)C1. The molecule has 1 saturated heterocycles. The predicted molar refractivity (Wildman–Crippen MR) is 72.1 cm³/mol. The molecule has 2 aliphatic carbocycles. The molecule has 17 heavy (non-hydrogen) atoms. The van der Waals surface area contributed by atoms with Gasteiger partial charge in [0.2, 0.25) is 0 Å². The number of nitrogens with one attached hydrogen (secondary N) is 1. The highest BCUT2D eigenvalue weighted by Gasteiger charge is 2.38. The van der Waals surface area contributed by atoms with Crippen LogP contribution in [0.1, 0.15) is 51.4 Å². The fraction of sp³-hybridized carbons (Fsp3) is 1.00. The minimum absolute atomic E-state index is 0.836. The molecule has 1 N–H and O–H groups in total. The first-order chi connectivity index (χ1) is 8.38. The number of likely N-dealkylation sites (N-methyl/N-ethyl adjacent to an activating group) is 1. The van der Waals surface area contributed by atoms with Crippen molar-refractivity contribution in [3.63, 3.8) is 0 Å². The van der Waals surface area contributed by atoms with E-state index in [4.69, 9.17) is 0 Å². The Morgan fingerprint density at radius 2 is 1.88 bits per heavy atom. The van der Waals surface area contributed by atoms with E-state index < -0.39 is 0 Å². The summed E-state index contributed by atoms with van der Waals surface area (Å²) in [6, 6.07) is 1.76. The Morgan fingerprint density at radius 1 is 1.00 bits per heavy atom. The average molecular weight is 236 g/mol. The minimum atomic E-state index is 0.836. The Balaban J connectivity index is 1.58. The standard InChI is InChI=1S/C15H28N2/c1-16-11-15-6-3-9-17(15)14-5-2-4-13(10-14)12-7-8-12/h12-16H,2-11H2,1H3. The van der Waals surface area contributed by atoms with E-state index >= 15 is 0 Å². The maximum atomic E-state index is 3.38. The molecule has 0 aromatic rings. The van der Waals surface area contributed by atoms with Crippen molar-refractivity contribution in [3.8, 4) is 0 Å².